The zero-order chi connectivity index (χ0) is 10.8. The van der Waals surface area contributed by atoms with E-state index in [9.17, 15) is 4.79 Å². The van der Waals surface area contributed by atoms with E-state index in [1.807, 2.05) is 18.4 Å². The van der Waals surface area contributed by atoms with Crippen LogP contribution in [0.3, 0.4) is 0 Å². The van der Waals surface area contributed by atoms with Gasteiger partial charge in [0, 0.05) is 18.0 Å². The summed E-state index contributed by atoms with van der Waals surface area (Å²) in [6.45, 7) is 3.70. The SMILES string of the molecule is Cc1ccsc1C1CN(CCN)C(=O)O1. The van der Waals surface area contributed by atoms with Crippen LogP contribution in [-0.2, 0) is 4.74 Å². The number of carbonyl (C=O) groups excluding carboxylic acids is 1. The Morgan fingerprint density at radius 3 is 3.13 bits per heavy atom. The first kappa shape index (κ1) is 10.4. The average molecular weight is 226 g/mol. The van der Waals surface area contributed by atoms with Crippen molar-refractivity contribution in [2.24, 2.45) is 5.73 Å². The first-order valence-corrected chi connectivity index (χ1v) is 5.80. The molecule has 0 bridgehead atoms. The van der Waals surface area contributed by atoms with Crippen LogP contribution in [0.5, 0.6) is 0 Å². The molecule has 1 aromatic heterocycles. The number of thiophene rings is 1. The minimum atomic E-state index is -0.252. The standard InChI is InChI=1S/C10H14N2O2S/c1-7-2-5-15-9(7)8-6-12(4-3-11)10(13)14-8/h2,5,8H,3-4,6,11H2,1H3. The highest BCUT2D eigenvalue weighted by molar-refractivity contribution is 7.10. The summed E-state index contributed by atoms with van der Waals surface area (Å²) in [6.07, 6.45) is -0.359. The van der Waals surface area contributed by atoms with Gasteiger partial charge in [-0.05, 0) is 23.9 Å². The fraction of sp³-hybridized carbons (Fsp3) is 0.500. The van der Waals surface area contributed by atoms with Gasteiger partial charge in [-0.2, -0.15) is 0 Å². The Bertz CT molecular complexity index is 364. The number of aryl methyl sites for hydroxylation is 1. The summed E-state index contributed by atoms with van der Waals surface area (Å²) in [7, 11) is 0. The largest absolute Gasteiger partial charge is 0.438 e. The third kappa shape index (κ3) is 1.98. The number of amides is 1. The average Bonchev–Trinajstić information content (AvgIpc) is 2.75. The van der Waals surface area contributed by atoms with Gasteiger partial charge in [-0.25, -0.2) is 4.79 Å². The summed E-state index contributed by atoms with van der Waals surface area (Å²) in [4.78, 5) is 14.2. The molecule has 1 unspecified atom stereocenters. The Labute approximate surface area is 92.6 Å². The molecule has 82 valence electrons. The Morgan fingerprint density at radius 2 is 2.53 bits per heavy atom. The predicted octanol–water partition coefficient (Wildman–Crippen LogP) is 1.51. The first-order valence-electron chi connectivity index (χ1n) is 4.92. The van der Waals surface area contributed by atoms with Crippen LogP contribution in [0.25, 0.3) is 0 Å². The molecule has 0 radical (unpaired) electrons. The van der Waals surface area contributed by atoms with E-state index in [1.54, 1.807) is 16.2 Å². The van der Waals surface area contributed by atoms with Gasteiger partial charge >= 0.3 is 6.09 Å². The van der Waals surface area contributed by atoms with Crippen LogP contribution < -0.4 is 5.73 Å². The monoisotopic (exact) mass is 226 g/mol. The number of hydrogen-bond acceptors (Lipinski definition) is 4. The molecule has 15 heavy (non-hydrogen) atoms. The molecule has 0 aromatic carbocycles. The molecule has 1 atom stereocenters. The van der Waals surface area contributed by atoms with Crippen molar-refractivity contribution in [1.29, 1.82) is 0 Å². The van der Waals surface area contributed by atoms with Crippen molar-refractivity contribution < 1.29 is 9.53 Å². The molecule has 5 heteroatoms. The fourth-order valence-electron chi connectivity index (χ4n) is 1.70. The van der Waals surface area contributed by atoms with Gasteiger partial charge in [0.05, 0.1) is 6.54 Å². The van der Waals surface area contributed by atoms with Gasteiger partial charge < -0.3 is 15.4 Å². The Hall–Kier alpha value is -1.07. The number of hydrogen-bond donors (Lipinski definition) is 1. The number of nitrogens with zero attached hydrogens (tertiary/aromatic N) is 1. The Kier molecular flexibility index (Phi) is 2.93. The topological polar surface area (TPSA) is 55.6 Å². The van der Waals surface area contributed by atoms with Crippen molar-refractivity contribution in [3.63, 3.8) is 0 Å². The summed E-state index contributed by atoms with van der Waals surface area (Å²) >= 11 is 1.63. The van der Waals surface area contributed by atoms with Crippen LogP contribution in [0.1, 0.15) is 16.5 Å². The third-order valence-electron chi connectivity index (χ3n) is 2.48. The maximum atomic E-state index is 11.4. The van der Waals surface area contributed by atoms with E-state index in [2.05, 4.69) is 0 Å². The molecule has 1 amide bonds. The van der Waals surface area contributed by atoms with Crippen LogP contribution in [-0.4, -0.2) is 30.6 Å². The zero-order valence-corrected chi connectivity index (χ0v) is 9.42. The maximum absolute atomic E-state index is 11.4. The van der Waals surface area contributed by atoms with Crippen LogP contribution in [0.2, 0.25) is 0 Å². The number of rotatable bonds is 3. The lowest BCUT2D eigenvalue weighted by Gasteiger charge is -2.10. The van der Waals surface area contributed by atoms with Crippen LogP contribution in [0.15, 0.2) is 11.4 Å². The molecule has 1 saturated heterocycles. The molecular weight excluding hydrogens is 212 g/mol. The summed E-state index contributed by atoms with van der Waals surface area (Å²) in [5.41, 5.74) is 6.61. The van der Waals surface area contributed by atoms with Gasteiger partial charge in [-0.1, -0.05) is 0 Å². The van der Waals surface area contributed by atoms with Crippen molar-refractivity contribution in [3.05, 3.63) is 21.9 Å². The summed E-state index contributed by atoms with van der Waals surface area (Å²) in [5.74, 6) is 0. The Balaban J connectivity index is 2.09. The number of carbonyl (C=O) groups is 1. The minimum Gasteiger partial charge on any atom is -0.438 e. The summed E-state index contributed by atoms with van der Waals surface area (Å²) in [5, 5.41) is 2.02. The summed E-state index contributed by atoms with van der Waals surface area (Å²) in [6, 6.07) is 2.04. The van der Waals surface area contributed by atoms with Crippen molar-refractivity contribution in [2.75, 3.05) is 19.6 Å². The summed E-state index contributed by atoms with van der Waals surface area (Å²) < 4.78 is 5.29. The molecule has 0 spiro atoms. The lowest BCUT2D eigenvalue weighted by molar-refractivity contribution is 0.134. The third-order valence-corrected chi connectivity index (χ3v) is 3.59. The van der Waals surface area contributed by atoms with E-state index < -0.39 is 0 Å². The molecule has 1 aliphatic heterocycles. The minimum absolute atomic E-state index is 0.107. The normalized spacial score (nSPS) is 20.8. The molecule has 2 N–H and O–H groups in total. The quantitative estimate of drug-likeness (QED) is 0.850. The van der Waals surface area contributed by atoms with E-state index in [-0.39, 0.29) is 12.2 Å². The Morgan fingerprint density at radius 1 is 1.73 bits per heavy atom. The molecule has 4 nitrogen and oxygen atoms in total. The van der Waals surface area contributed by atoms with E-state index in [0.717, 1.165) is 4.88 Å². The predicted molar refractivity (Wildman–Crippen MR) is 58.9 cm³/mol. The first-order chi connectivity index (χ1) is 7.22. The smallest absolute Gasteiger partial charge is 0.410 e. The zero-order valence-electron chi connectivity index (χ0n) is 8.60. The second kappa shape index (κ2) is 4.20. The van der Waals surface area contributed by atoms with Gasteiger partial charge in [0.25, 0.3) is 0 Å². The van der Waals surface area contributed by atoms with E-state index >= 15 is 0 Å². The maximum Gasteiger partial charge on any atom is 0.410 e. The van der Waals surface area contributed by atoms with E-state index in [1.165, 1.54) is 5.56 Å². The number of cyclic esters (lactones) is 1. The van der Waals surface area contributed by atoms with E-state index in [4.69, 9.17) is 10.5 Å². The van der Waals surface area contributed by atoms with Gasteiger partial charge in [0.1, 0.15) is 0 Å². The molecule has 0 saturated carbocycles. The van der Waals surface area contributed by atoms with Crippen LogP contribution in [0, 0.1) is 6.92 Å². The van der Waals surface area contributed by atoms with Crippen molar-refractivity contribution in [2.45, 2.75) is 13.0 Å². The molecule has 2 heterocycles. The van der Waals surface area contributed by atoms with Gasteiger partial charge in [0.2, 0.25) is 0 Å². The van der Waals surface area contributed by atoms with Crippen molar-refractivity contribution in [3.8, 4) is 0 Å². The molecule has 1 aliphatic rings. The number of nitrogens with two attached hydrogens (primary N) is 1. The lowest BCUT2D eigenvalue weighted by Crippen LogP contribution is -2.30. The molecular formula is C10H14N2O2S. The van der Waals surface area contributed by atoms with Gasteiger partial charge in [-0.15, -0.1) is 11.3 Å². The van der Waals surface area contributed by atoms with Gasteiger partial charge in [0.15, 0.2) is 6.10 Å². The van der Waals surface area contributed by atoms with Gasteiger partial charge in [-0.3, -0.25) is 0 Å². The highest BCUT2D eigenvalue weighted by Gasteiger charge is 2.32. The van der Waals surface area contributed by atoms with Crippen LogP contribution in [0.4, 0.5) is 4.79 Å². The second-order valence-electron chi connectivity index (χ2n) is 3.57. The molecule has 2 rings (SSSR count). The van der Waals surface area contributed by atoms with Crippen molar-refractivity contribution in [1.82, 2.24) is 4.90 Å². The number of ether oxygens (including phenoxy) is 1. The molecule has 1 aromatic rings. The molecule has 0 aliphatic carbocycles. The highest BCUT2D eigenvalue weighted by atomic mass is 32.1. The van der Waals surface area contributed by atoms with E-state index in [0.29, 0.717) is 19.6 Å². The fourth-order valence-corrected chi connectivity index (χ4v) is 2.64. The van der Waals surface area contributed by atoms with Crippen molar-refractivity contribution >= 4 is 17.4 Å². The molecule has 1 fully saturated rings. The highest BCUT2D eigenvalue weighted by Crippen LogP contribution is 2.31. The van der Waals surface area contributed by atoms with Crippen LogP contribution >= 0.6 is 11.3 Å². The lowest BCUT2D eigenvalue weighted by atomic mass is 10.2. The second-order valence-corrected chi connectivity index (χ2v) is 4.52.